The number of rotatable bonds is 9. The Labute approximate surface area is 167 Å². The molecule has 0 heterocycles. The fourth-order valence-corrected chi connectivity index (χ4v) is 2.72. The Balaban J connectivity index is 3.54. The summed E-state index contributed by atoms with van der Waals surface area (Å²) in [6, 6.07) is 2.75. The highest BCUT2D eigenvalue weighted by molar-refractivity contribution is 9.10. The molecule has 1 unspecified atom stereocenters. The van der Waals surface area contributed by atoms with Gasteiger partial charge in [0.15, 0.2) is 0 Å². The van der Waals surface area contributed by atoms with Crippen LogP contribution in [-0.2, 0) is 9.53 Å². The van der Waals surface area contributed by atoms with Crippen LogP contribution in [0.25, 0.3) is 5.76 Å². The van der Waals surface area contributed by atoms with Crippen LogP contribution < -0.4 is 9.47 Å². The lowest BCUT2D eigenvalue weighted by Crippen LogP contribution is -2.19. The predicted molar refractivity (Wildman–Crippen MR) is 108 cm³/mol. The topological polar surface area (TPSA) is 97.6 Å². The van der Waals surface area contributed by atoms with Crippen molar-refractivity contribution < 1.29 is 29.2 Å². The number of carbonyl (C=O) groups excluding carboxylic acids is 1. The zero-order valence-electron chi connectivity index (χ0n) is 16.2. The number of esters is 1. The van der Waals surface area contributed by atoms with E-state index in [1.807, 2.05) is 13.8 Å². The van der Waals surface area contributed by atoms with E-state index in [2.05, 4.69) is 20.9 Å². The molecule has 7 nitrogen and oxygen atoms in total. The van der Waals surface area contributed by atoms with Gasteiger partial charge in [0.1, 0.15) is 22.8 Å². The number of nitrogens with zero attached hydrogens (tertiary/aromatic N) is 1. The summed E-state index contributed by atoms with van der Waals surface area (Å²) in [6.07, 6.45) is 1.23. The van der Waals surface area contributed by atoms with E-state index in [-0.39, 0.29) is 36.0 Å². The molecular weight excluding hydrogens is 418 g/mol. The molecule has 0 amide bonds. The zero-order valence-corrected chi connectivity index (χ0v) is 17.7. The summed E-state index contributed by atoms with van der Waals surface area (Å²) in [5.41, 5.74) is 0.135. The third-order valence-electron chi connectivity index (χ3n) is 3.83. The highest BCUT2D eigenvalue weighted by atomic mass is 79.9. The molecule has 1 aromatic rings. The maximum atomic E-state index is 12.4. The second kappa shape index (κ2) is 10.9. The van der Waals surface area contributed by atoms with Gasteiger partial charge in [-0.25, -0.2) is 4.79 Å². The number of carbonyl (C=O) groups is 1. The van der Waals surface area contributed by atoms with Crippen molar-refractivity contribution in [3.05, 3.63) is 27.7 Å². The molecule has 0 fully saturated rings. The SMILES string of the molecule is CCOC(=O)C(C=NC(CO)C(C)C)=C(O)c1cc(Br)c(OC)cc1OC. The van der Waals surface area contributed by atoms with Crippen LogP contribution in [0.1, 0.15) is 26.3 Å². The second-order valence-electron chi connectivity index (χ2n) is 5.94. The number of halogens is 1. The average molecular weight is 444 g/mol. The molecule has 1 aromatic carbocycles. The van der Waals surface area contributed by atoms with Crippen LogP contribution in [0.3, 0.4) is 0 Å². The van der Waals surface area contributed by atoms with Gasteiger partial charge in [0.25, 0.3) is 0 Å². The first-order valence-corrected chi connectivity index (χ1v) is 9.26. The van der Waals surface area contributed by atoms with E-state index in [9.17, 15) is 15.0 Å². The van der Waals surface area contributed by atoms with Crippen LogP contribution >= 0.6 is 15.9 Å². The Morgan fingerprint density at radius 3 is 2.37 bits per heavy atom. The first-order valence-electron chi connectivity index (χ1n) is 8.46. The molecule has 0 radical (unpaired) electrons. The Hall–Kier alpha value is -2.06. The molecule has 0 saturated heterocycles. The van der Waals surface area contributed by atoms with Crippen LogP contribution in [0, 0.1) is 5.92 Å². The minimum atomic E-state index is -0.729. The summed E-state index contributed by atoms with van der Waals surface area (Å²) >= 11 is 3.35. The predicted octanol–water partition coefficient (Wildman–Crippen LogP) is 3.39. The number of ether oxygens (including phenoxy) is 3. The van der Waals surface area contributed by atoms with Gasteiger partial charge in [-0.2, -0.15) is 0 Å². The third kappa shape index (κ3) is 5.97. The second-order valence-corrected chi connectivity index (χ2v) is 6.80. The van der Waals surface area contributed by atoms with E-state index in [1.165, 1.54) is 20.4 Å². The van der Waals surface area contributed by atoms with Crippen molar-refractivity contribution in [3.63, 3.8) is 0 Å². The van der Waals surface area contributed by atoms with E-state index < -0.39 is 12.0 Å². The number of methoxy groups -OCH3 is 2. The minimum absolute atomic E-state index is 0.0569. The van der Waals surface area contributed by atoms with Gasteiger partial charge in [0.2, 0.25) is 0 Å². The zero-order chi connectivity index (χ0) is 20.6. The number of benzene rings is 1. The van der Waals surface area contributed by atoms with Gasteiger partial charge in [-0.3, -0.25) is 4.99 Å². The molecular formula is C19H26BrNO6. The molecule has 1 rings (SSSR count). The van der Waals surface area contributed by atoms with E-state index in [0.29, 0.717) is 16.0 Å². The van der Waals surface area contributed by atoms with Gasteiger partial charge in [-0.15, -0.1) is 0 Å². The number of hydrogen-bond acceptors (Lipinski definition) is 7. The molecule has 0 aromatic heterocycles. The lowest BCUT2D eigenvalue weighted by atomic mass is 10.1. The van der Waals surface area contributed by atoms with Gasteiger partial charge >= 0.3 is 5.97 Å². The average Bonchev–Trinajstić information content (AvgIpc) is 2.64. The standard InChI is InChI=1S/C19H26BrNO6/c1-6-27-19(24)13(9-21-15(10-22)11(2)3)18(23)12-7-14(20)17(26-5)8-16(12)25-4/h7-9,11,15,22-23H,6,10H2,1-5H3. The molecule has 150 valence electrons. The summed E-state index contributed by atoms with van der Waals surface area (Å²) in [5, 5.41) is 20.2. The number of aliphatic imine (C=N–C) groups is 1. The summed E-state index contributed by atoms with van der Waals surface area (Å²) in [5.74, 6) is -0.201. The monoisotopic (exact) mass is 443 g/mol. The van der Waals surface area contributed by atoms with Crippen LogP contribution in [0.5, 0.6) is 11.5 Å². The van der Waals surface area contributed by atoms with Crippen molar-refractivity contribution in [1.29, 1.82) is 0 Å². The van der Waals surface area contributed by atoms with E-state index in [1.54, 1.807) is 19.1 Å². The van der Waals surface area contributed by atoms with Crippen LogP contribution in [0.4, 0.5) is 0 Å². The van der Waals surface area contributed by atoms with Crippen molar-refractivity contribution in [2.24, 2.45) is 10.9 Å². The molecule has 1 atom stereocenters. The van der Waals surface area contributed by atoms with Crippen molar-refractivity contribution in [1.82, 2.24) is 0 Å². The quantitative estimate of drug-likeness (QED) is 0.262. The molecule has 0 saturated carbocycles. The number of aliphatic hydroxyl groups excluding tert-OH is 2. The van der Waals surface area contributed by atoms with Crippen molar-refractivity contribution >= 4 is 33.9 Å². The first-order chi connectivity index (χ1) is 12.8. The highest BCUT2D eigenvalue weighted by Gasteiger charge is 2.21. The molecule has 27 heavy (non-hydrogen) atoms. The lowest BCUT2D eigenvalue weighted by Gasteiger charge is -2.15. The Morgan fingerprint density at radius 1 is 1.26 bits per heavy atom. The summed E-state index contributed by atoms with van der Waals surface area (Å²) in [7, 11) is 2.95. The van der Waals surface area contributed by atoms with Crippen molar-refractivity contribution in [3.8, 4) is 11.5 Å². The van der Waals surface area contributed by atoms with Crippen LogP contribution in [0.2, 0.25) is 0 Å². The molecule has 2 N–H and O–H groups in total. The minimum Gasteiger partial charge on any atom is -0.506 e. The van der Waals surface area contributed by atoms with Crippen LogP contribution in [0.15, 0.2) is 27.2 Å². The van der Waals surface area contributed by atoms with Gasteiger partial charge in [0, 0.05) is 12.3 Å². The van der Waals surface area contributed by atoms with Crippen molar-refractivity contribution in [2.75, 3.05) is 27.4 Å². The van der Waals surface area contributed by atoms with Gasteiger partial charge in [-0.1, -0.05) is 13.8 Å². The molecule has 0 aliphatic rings. The fourth-order valence-electron chi connectivity index (χ4n) is 2.21. The Morgan fingerprint density at radius 2 is 1.89 bits per heavy atom. The van der Waals surface area contributed by atoms with Gasteiger partial charge < -0.3 is 24.4 Å². The number of aliphatic hydroxyl groups is 2. The Bertz CT molecular complexity index is 714. The molecule has 0 spiro atoms. The van der Waals surface area contributed by atoms with Gasteiger partial charge in [-0.05, 0) is 34.8 Å². The number of hydrogen-bond donors (Lipinski definition) is 2. The van der Waals surface area contributed by atoms with E-state index in [4.69, 9.17) is 14.2 Å². The summed E-state index contributed by atoms with van der Waals surface area (Å²) in [4.78, 5) is 16.6. The normalized spacial score (nSPS) is 13.5. The Kier molecular flexibility index (Phi) is 9.31. The van der Waals surface area contributed by atoms with Gasteiger partial charge in [0.05, 0.1) is 43.5 Å². The fraction of sp³-hybridized carbons (Fsp3) is 0.474. The summed E-state index contributed by atoms with van der Waals surface area (Å²) in [6.45, 7) is 5.42. The maximum absolute atomic E-state index is 12.4. The lowest BCUT2D eigenvalue weighted by molar-refractivity contribution is -0.137. The molecule has 8 heteroatoms. The molecule has 0 aliphatic carbocycles. The largest absolute Gasteiger partial charge is 0.506 e. The maximum Gasteiger partial charge on any atom is 0.343 e. The first kappa shape index (κ1) is 23.0. The van der Waals surface area contributed by atoms with E-state index >= 15 is 0 Å². The van der Waals surface area contributed by atoms with Crippen molar-refractivity contribution in [2.45, 2.75) is 26.8 Å². The summed E-state index contributed by atoms with van der Waals surface area (Å²) < 4.78 is 16.1. The molecule has 0 bridgehead atoms. The van der Waals surface area contributed by atoms with E-state index in [0.717, 1.165) is 0 Å². The molecule has 0 aliphatic heterocycles. The highest BCUT2D eigenvalue weighted by Crippen LogP contribution is 2.36. The smallest absolute Gasteiger partial charge is 0.343 e. The van der Waals surface area contributed by atoms with Crippen LogP contribution in [-0.4, -0.2) is 55.9 Å². The third-order valence-corrected chi connectivity index (χ3v) is 4.45.